The summed E-state index contributed by atoms with van der Waals surface area (Å²) in [5.41, 5.74) is -1.61. The number of ether oxygens (including phenoxy) is 1. The van der Waals surface area contributed by atoms with E-state index < -0.39 is 23.2 Å². The molecular formula is C10H13N3O5S. The molecule has 1 saturated heterocycles. The maximum absolute atomic E-state index is 11.1. The van der Waals surface area contributed by atoms with Gasteiger partial charge in [0, 0.05) is 12.8 Å². The summed E-state index contributed by atoms with van der Waals surface area (Å²) in [4.78, 5) is 36.5. The fourth-order valence-electron chi connectivity index (χ4n) is 1.77. The number of aryl methyl sites for hydroxylation is 1. The van der Waals surface area contributed by atoms with Gasteiger partial charge < -0.3 is 9.84 Å². The number of carboxylic acid groups (broad SMARTS) is 1. The van der Waals surface area contributed by atoms with Crippen LogP contribution in [-0.2, 0) is 16.6 Å². The Morgan fingerprint density at radius 2 is 2.32 bits per heavy atom. The van der Waals surface area contributed by atoms with Gasteiger partial charge in [-0.15, -0.1) is 0 Å². The van der Waals surface area contributed by atoms with E-state index in [-0.39, 0.29) is 6.10 Å². The smallest absolute Gasteiger partial charge is 0.339 e. The zero-order valence-electron chi connectivity index (χ0n) is 10.2. The molecule has 1 aromatic rings. The molecule has 2 N–H and O–H groups in total. The Bertz CT molecular complexity index is 596. The van der Waals surface area contributed by atoms with Crippen molar-refractivity contribution in [1.29, 1.82) is 0 Å². The average Bonchev–Trinajstić information content (AvgIpc) is 2.81. The van der Waals surface area contributed by atoms with Crippen LogP contribution in [0.2, 0.25) is 0 Å². The van der Waals surface area contributed by atoms with E-state index in [4.69, 9.17) is 9.84 Å². The molecule has 2 atom stereocenters. The zero-order chi connectivity index (χ0) is 14.0. The predicted molar refractivity (Wildman–Crippen MR) is 66.4 cm³/mol. The second-order valence-corrected chi connectivity index (χ2v) is 5.16. The third-order valence-corrected chi connectivity index (χ3v) is 3.89. The summed E-state index contributed by atoms with van der Waals surface area (Å²) in [5.74, 6) is -0.474. The van der Waals surface area contributed by atoms with Gasteiger partial charge in [0.2, 0.25) is 0 Å². The van der Waals surface area contributed by atoms with Gasteiger partial charge in [-0.3, -0.25) is 19.4 Å². The lowest BCUT2D eigenvalue weighted by Gasteiger charge is -2.11. The second kappa shape index (κ2) is 5.57. The number of carboxylic acids is 1. The van der Waals surface area contributed by atoms with Gasteiger partial charge in [0.1, 0.15) is 0 Å². The number of hydrogen-bond acceptors (Lipinski definition) is 6. The summed E-state index contributed by atoms with van der Waals surface area (Å²) < 4.78 is 6.69. The minimum atomic E-state index is -0.956. The zero-order valence-corrected chi connectivity index (χ0v) is 11.0. The van der Waals surface area contributed by atoms with Gasteiger partial charge in [0.15, 0.2) is 11.3 Å². The molecule has 0 amide bonds. The topological polar surface area (TPSA) is 114 Å². The molecule has 104 valence electrons. The highest BCUT2D eigenvalue weighted by atomic mass is 32.2. The number of carbonyl (C=O) groups is 1. The van der Waals surface area contributed by atoms with Crippen LogP contribution in [0.1, 0.15) is 12.8 Å². The van der Waals surface area contributed by atoms with Gasteiger partial charge >= 0.3 is 17.1 Å². The Hall–Kier alpha value is -1.61. The van der Waals surface area contributed by atoms with E-state index in [9.17, 15) is 14.4 Å². The molecule has 1 aromatic heterocycles. The van der Waals surface area contributed by atoms with Crippen molar-refractivity contribution >= 4 is 17.7 Å². The van der Waals surface area contributed by atoms with Crippen molar-refractivity contribution in [3.8, 4) is 0 Å². The minimum absolute atomic E-state index is 0.185. The van der Waals surface area contributed by atoms with Crippen LogP contribution in [0.5, 0.6) is 0 Å². The van der Waals surface area contributed by atoms with Crippen molar-refractivity contribution in [3.05, 3.63) is 20.7 Å². The first-order valence-electron chi connectivity index (χ1n) is 5.66. The monoisotopic (exact) mass is 287 g/mol. The SMILES string of the molecule is Cn1[nH]c(=O)c(=O)nc1SCC1CCC(C(=O)O)O1. The number of nitrogens with one attached hydrogen (secondary N) is 1. The molecule has 0 spiro atoms. The molecule has 0 saturated carbocycles. The molecule has 2 rings (SSSR count). The molecule has 8 nitrogen and oxygen atoms in total. The molecule has 0 aliphatic carbocycles. The molecule has 1 aliphatic heterocycles. The van der Waals surface area contributed by atoms with E-state index >= 15 is 0 Å². The lowest BCUT2D eigenvalue weighted by molar-refractivity contribution is -0.148. The number of thioether (sulfide) groups is 1. The van der Waals surface area contributed by atoms with Gasteiger partial charge in [-0.1, -0.05) is 11.8 Å². The molecule has 1 fully saturated rings. The number of aromatic amines is 1. The molecule has 0 radical (unpaired) electrons. The van der Waals surface area contributed by atoms with Crippen LogP contribution in [0, 0.1) is 0 Å². The highest BCUT2D eigenvalue weighted by Gasteiger charge is 2.30. The maximum Gasteiger partial charge on any atom is 0.339 e. The number of H-pyrrole nitrogens is 1. The lowest BCUT2D eigenvalue weighted by atomic mass is 10.2. The van der Waals surface area contributed by atoms with E-state index in [1.165, 1.54) is 16.4 Å². The number of aliphatic carboxylic acids is 1. The van der Waals surface area contributed by atoms with Gasteiger partial charge in [-0.05, 0) is 12.8 Å². The van der Waals surface area contributed by atoms with Crippen LogP contribution in [0.3, 0.4) is 0 Å². The molecule has 9 heteroatoms. The van der Waals surface area contributed by atoms with E-state index in [1.54, 1.807) is 7.05 Å². The van der Waals surface area contributed by atoms with Crippen LogP contribution in [0.4, 0.5) is 0 Å². The summed E-state index contributed by atoms with van der Waals surface area (Å²) in [6.07, 6.45) is 0.202. The first-order valence-corrected chi connectivity index (χ1v) is 6.64. The van der Waals surface area contributed by atoms with Crippen molar-refractivity contribution in [3.63, 3.8) is 0 Å². The van der Waals surface area contributed by atoms with Gasteiger partial charge in [0.25, 0.3) is 0 Å². The third kappa shape index (κ3) is 3.24. The summed E-state index contributed by atoms with van der Waals surface area (Å²) in [6.45, 7) is 0. The first-order chi connectivity index (χ1) is 8.97. The van der Waals surface area contributed by atoms with Crippen molar-refractivity contribution < 1.29 is 14.6 Å². The predicted octanol–water partition coefficient (Wildman–Crippen LogP) is -0.807. The molecular weight excluding hydrogens is 274 g/mol. The van der Waals surface area contributed by atoms with E-state index in [0.717, 1.165) is 0 Å². The van der Waals surface area contributed by atoms with Crippen LogP contribution in [0.25, 0.3) is 0 Å². The number of hydrogen-bond donors (Lipinski definition) is 2. The quantitative estimate of drug-likeness (QED) is 0.550. The minimum Gasteiger partial charge on any atom is -0.479 e. The Morgan fingerprint density at radius 1 is 1.58 bits per heavy atom. The lowest BCUT2D eigenvalue weighted by Crippen LogP contribution is -2.34. The summed E-state index contributed by atoms with van der Waals surface area (Å²) in [7, 11) is 1.58. The Balaban J connectivity index is 1.97. The van der Waals surface area contributed by atoms with Crippen molar-refractivity contribution in [1.82, 2.24) is 14.8 Å². The third-order valence-electron chi connectivity index (χ3n) is 2.73. The summed E-state index contributed by atoms with van der Waals surface area (Å²) >= 11 is 1.24. The number of aromatic nitrogens is 3. The Kier molecular flexibility index (Phi) is 4.05. The van der Waals surface area contributed by atoms with E-state index in [0.29, 0.717) is 23.8 Å². The Labute approximate surface area is 111 Å². The largest absolute Gasteiger partial charge is 0.479 e. The van der Waals surface area contributed by atoms with E-state index in [2.05, 4.69) is 10.1 Å². The molecule has 0 aromatic carbocycles. The van der Waals surface area contributed by atoms with Gasteiger partial charge in [-0.25, -0.2) is 4.79 Å². The average molecular weight is 287 g/mol. The standard InChI is InChI=1S/C10H13N3O5S/c1-13-10(11-7(14)8(15)12-13)19-4-5-2-3-6(18-5)9(16)17/h5-6H,2-4H2,1H3,(H,12,15)(H,16,17). The fourth-order valence-corrected chi connectivity index (χ4v) is 2.73. The van der Waals surface area contributed by atoms with Crippen molar-refractivity contribution in [2.24, 2.45) is 7.05 Å². The van der Waals surface area contributed by atoms with Crippen LogP contribution >= 0.6 is 11.8 Å². The summed E-state index contributed by atoms with van der Waals surface area (Å²) in [6, 6.07) is 0. The highest BCUT2D eigenvalue weighted by Crippen LogP contribution is 2.25. The molecule has 1 aliphatic rings. The van der Waals surface area contributed by atoms with Crippen LogP contribution in [0.15, 0.2) is 14.7 Å². The summed E-state index contributed by atoms with van der Waals surface area (Å²) in [5, 5.41) is 11.5. The number of rotatable bonds is 4. The van der Waals surface area contributed by atoms with Gasteiger partial charge in [-0.2, -0.15) is 4.98 Å². The Morgan fingerprint density at radius 3 is 2.95 bits per heavy atom. The highest BCUT2D eigenvalue weighted by molar-refractivity contribution is 7.99. The second-order valence-electron chi connectivity index (χ2n) is 4.17. The molecule has 19 heavy (non-hydrogen) atoms. The maximum atomic E-state index is 11.1. The molecule has 0 bridgehead atoms. The normalized spacial score (nSPS) is 22.6. The molecule has 2 heterocycles. The van der Waals surface area contributed by atoms with Crippen LogP contribution < -0.4 is 11.1 Å². The van der Waals surface area contributed by atoms with Gasteiger partial charge in [0.05, 0.1) is 6.10 Å². The van der Waals surface area contributed by atoms with Crippen molar-refractivity contribution in [2.45, 2.75) is 30.2 Å². The first kappa shape index (κ1) is 13.8. The van der Waals surface area contributed by atoms with Crippen LogP contribution in [-0.4, -0.2) is 43.8 Å². The van der Waals surface area contributed by atoms with E-state index in [1.807, 2.05) is 0 Å². The number of nitrogens with zero attached hydrogens (tertiary/aromatic N) is 2. The van der Waals surface area contributed by atoms with Crippen molar-refractivity contribution in [2.75, 3.05) is 5.75 Å². The molecule has 2 unspecified atom stereocenters. The fraction of sp³-hybridized carbons (Fsp3) is 0.600.